The molecule has 3 aromatic carbocycles. The molecule has 1 atom stereocenters. The molecule has 0 radical (unpaired) electrons. The molecule has 0 aromatic heterocycles. The number of halogens is 2. The average Bonchev–Trinajstić information content (AvgIpc) is 2.94. The van der Waals surface area contributed by atoms with E-state index in [0.717, 1.165) is 27.1 Å². The molecule has 1 unspecified atom stereocenters. The van der Waals surface area contributed by atoms with Gasteiger partial charge in [0.15, 0.2) is 0 Å². The summed E-state index contributed by atoms with van der Waals surface area (Å²) in [6, 6.07) is 23.2. The van der Waals surface area contributed by atoms with Crippen molar-refractivity contribution < 1.29 is 4.39 Å². The van der Waals surface area contributed by atoms with E-state index in [1.807, 2.05) is 48.5 Å². The van der Waals surface area contributed by atoms with E-state index in [2.05, 4.69) is 38.3 Å². The largest absolute Gasteiger partial charge is 0.359 e. The summed E-state index contributed by atoms with van der Waals surface area (Å²) in [5.74, 6) is -0.259. The fraction of sp³-hybridized carbons (Fsp3) is 0.0526. The number of anilines is 3. The van der Waals surface area contributed by atoms with Crippen molar-refractivity contribution in [2.75, 3.05) is 10.2 Å². The fourth-order valence-corrected chi connectivity index (χ4v) is 3.44. The Morgan fingerprint density at radius 3 is 2.43 bits per heavy atom. The van der Waals surface area contributed by atoms with Gasteiger partial charge in [0.2, 0.25) is 0 Å². The minimum atomic E-state index is -0.259. The lowest BCUT2D eigenvalue weighted by Crippen LogP contribution is -2.23. The molecule has 1 heterocycles. The molecular weight excluding hydrogens is 355 g/mol. The summed E-state index contributed by atoms with van der Waals surface area (Å²) in [6.07, 6.45) is -0.0673. The molecule has 0 fully saturated rings. The average molecular weight is 369 g/mol. The van der Waals surface area contributed by atoms with Gasteiger partial charge in [0.05, 0.1) is 11.4 Å². The Kier molecular flexibility index (Phi) is 3.54. The number of fused-ring (bicyclic) bond motifs is 1. The Morgan fingerprint density at radius 2 is 1.65 bits per heavy atom. The fourth-order valence-electron chi connectivity index (χ4n) is 2.99. The molecule has 0 saturated carbocycles. The zero-order valence-electron chi connectivity index (χ0n) is 12.2. The van der Waals surface area contributed by atoms with Crippen LogP contribution in [-0.2, 0) is 0 Å². The van der Waals surface area contributed by atoms with Crippen molar-refractivity contribution >= 4 is 33.0 Å². The van der Waals surface area contributed by atoms with Crippen molar-refractivity contribution in [1.29, 1.82) is 0 Å². The Hall–Kier alpha value is -2.33. The molecule has 0 bridgehead atoms. The van der Waals surface area contributed by atoms with E-state index in [0.29, 0.717) is 0 Å². The molecule has 114 valence electrons. The molecule has 1 N–H and O–H groups in total. The van der Waals surface area contributed by atoms with Gasteiger partial charge in [-0.2, -0.15) is 0 Å². The molecule has 3 aromatic rings. The lowest BCUT2D eigenvalue weighted by Gasteiger charge is -2.27. The summed E-state index contributed by atoms with van der Waals surface area (Å²) in [5, 5.41) is 3.53. The van der Waals surface area contributed by atoms with E-state index in [4.69, 9.17) is 0 Å². The van der Waals surface area contributed by atoms with Gasteiger partial charge in [0.1, 0.15) is 12.0 Å². The number of hydrogen-bond acceptors (Lipinski definition) is 2. The van der Waals surface area contributed by atoms with Gasteiger partial charge in [-0.05, 0) is 35.9 Å². The maximum Gasteiger partial charge on any atom is 0.130 e. The minimum absolute atomic E-state index is 0.0673. The quantitative estimate of drug-likeness (QED) is 0.610. The Labute approximate surface area is 142 Å². The lowest BCUT2D eigenvalue weighted by atomic mass is 10.1. The van der Waals surface area contributed by atoms with Crippen molar-refractivity contribution in [3.8, 4) is 0 Å². The molecule has 2 nitrogen and oxygen atoms in total. The monoisotopic (exact) mass is 368 g/mol. The highest BCUT2D eigenvalue weighted by Crippen LogP contribution is 2.46. The van der Waals surface area contributed by atoms with Crippen LogP contribution in [-0.4, -0.2) is 0 Å². The van der Waals surface area contributed by atoms with E-state index in [9.17, 15) is 4.39 Å². The molecule has 4 rings (SSSR count). The summed E-state index contributed by atoms with van der Waals surface area (Å²) in [5.41, 5.74) is 4.02. The Bertz CT molecular complexity index is 831. The van der Waals surface area contributed by atoms with Gasteiger partial charge >= 0.3 is 0 Å². The topological polar surface area (TPSA) is 15.3 Å². The first-order valence-corrected chi connectivity index (χ1v) is 8.17. The first-order valence-electron chi connectivity index (χ1n) is 7.38. The van der Waals surface area contributed by atoms with Crippen LogP contribution in [0.3, 0.4) is 0 Å². The van der Waals surface area contributed by atoms with Crippen LogP contribution in [0.15, 0.2) is 77.3 Å². The second-order valence-electron chi connectivity index (χ2n) is 5.47. The Morgan fingerprint density at radius 1 is 0.913 bits per heavy atom. The van der Waals surface area contributed by atoms with Gasteiger partial charge in [-0.15, -0.1) is 0 Å². The summed E-state index contributed by atoms with van der Waals surface area (Å²) in [6.45, 7) is 0. The highest BCUT2D eigenvalue weighted by molar-refractivity contribution is 9.10. The van der Waals surface area contributed by atoms with Crippen molar-refractivity contribution in [2.45, 2.75) is 6.17 Å². The zero-order chi connectivity index (χ0) is 15.8. The van der Waals surface area contributed by atoms with E-state index in [-0.39, 0.29) is 12.0 Å². The maximum absolute atomic E-state index is 13.9. The van der Waals surface area contributed by atoms with Gasteiger partial charge in [-0.1, -0.05) is 58.4 Å². The number of nitrogens with zero attached hydrogens (tertiary/aromatic N) is 1. The van der Waals surface area contributed by atoms with Crippen LogP contribution >= 0.6 is 15.9 Å². The Balaban J connectivity index is 1.87. The third kappa shape index (κ3) is 2.59. The van der Waals surface area contributed by atoms with E-state index in [1.54, 1.807) is 6.07 Å². The van der Waals surface area contributed by atoms with Crippen molar-refractivity contribution in [3.05, 3.63) is 88.6 Å². The van der Waals surface area contributed by atoms with E-state index < -0.39 is 0 Å². The van der Waals surface area contributed by atoms with Crippen LogP contribution in [0.2, 0.25) is 0 Å². The van der Waals surface area contributed by atoms with Gasteiger partial charge in [-0.3, -0.25) is 0 Å². The summed E-state index contributed by atoms with van der Waals surface area (Å²) in [4.78, 5) is 2.12. The highest BCUT2D eigenvalue weighted by atomic mass is 79.9. The van der Waals surface area contributed by atoms with E-state index >= 15 is 0 Å². The van der Waals surface area contributed by atoms with Crippen LogP contribution in [0.4, 0.5) is 21.5 Å². The molecular formula is C19H14BrFN2. The standard InChI is InChI=1S/C19H14BrFN2/c20-14-10-15(21)12-16(11-14)23-18-9-5-4-8-17(18)22-19(23)13-6-2-1-3-7-13/h1-12,19,22H. The smallest absolute Gasteiger partial charge is 0.130 e. The zero-order valence-corrected chi connectivity index (χ0v) is 13.8. The lowest BCUT2D eigenvalue weighted by molar-refractivity contribution is 0.626. The third-order valence-electron chi connectivity index (χ3n) is 3.95. The first-order chi connectivity index (χ1) is 11.2. The number of hydrogen-bond donors (Lipinski definition) is 1. The van der Waals surface area contributed by atoms with Crippen molar-refractivity contribution in [1.82, 2.24) is 0 Å². The van der Waals surface area contributed by atoms with Crippen LogP contribution < -0.4 is 10.2 Å². The number of benzene rings is 3. The number of nitrogens with one attached hydrogen (secondary N) is 1. The first kappa shape index (κ1) is 14.3. The predicted molar refractivity (Wildman–Crippen MR) is 95.5 cm³/mol. The van der Waals surface area contributed by atoms with Gasteiger partial charge in [0, 0.05) is 10.2 Å². The van der Waals surface area contributed by atoms with Gasteiger partial charge in [0.25, 0.3) is 0 Å². The summed E-state index contributed by atoms with van der Waals surface area (Å²) in [7, 11) is 0. The molecule has 4 heteroatoms. The second kappa shape index (κ2) is 5.70. The van der Waals surface area contributed by atoms with Crippen molar-refractivity contribution in [2.24, 2.45) is 0 Å². The molecule has 0 aliphatic carbocycles. The van der Waals surface area contributed by atoms with Crippen LogP contribution in [0, 0.1) is 5.82 Å². The highest BCUT2D eigenvalue weighted by Gasteiger charge is 2.31. The molecule has 23 heavy (non-hydrogen) atoms. The third-order valence-corrected chi connectivity index (χ3v) is 4.41. The van der Waals surface area contributed by atoms with E-state index in [1.165, 1.54) is 6.07 Å². The van der Waals surface area contributed by atoms with Gasteiger partial charge in [-0.25, -0.2) is 4.39 Å². The molecule has 0 amide bonds. The van der Waals surface area contributed by atoms with Crippen LogP contribution in [0.25, 0.3) is 0 Å². The molecule has 1 aliphatic heterocycles. The number of para-hydroxylation sites is 2. The summed E-state index contributed by atoms with van der Waals surface area (Å²) < 4.78 is 14.6. The van der Waals surface area contributed by atoms with Crippen LogP contribution in [0.5, 0.6) is 0 Å². The number of rotatable bonds is 2. The van der Waals surface area contributed by atoms with Crippen molar-refractivity contribution in [3.63, 3.8) is 0 Å². The second-order valence-corrected chi connectivity index (χ2v) is 6.39. The van der Waals surface area contributed by atoms with Crippen LogP contribution in [0.1, 0.15) is 11.7 Å². The predicted octanol–water partition coefficient (Wildman–Crippen LogP) is 5.85. The summed E-state index contributed by atoms with van der Waals surface area (Å²) >= 11 is 3.39. The normalized spacial score (nSPS) is 16.1. The molecule has 0 spiro atoms. The molecule has 1 aliphatic rings. The molecule has 0 saturated heterocycles. The van der Waals surface area contributed by atoms with Gasteiger partial charge < -0.3 is 10.2 Å². The minimum Gasteiger partial charge on any atom is -0.359 e. The SMILES string of the molecule is Fc1cc(Br)cc(N2c3ccccc3NC2c2ccccc2)c1. The maximum atomic E-state index is 13.9.